The SMILES string of the molecule is C=C(C)CNC(=O)[C@@H]1CC(C)=C[C@@H](C)[C@H]1C. The molecular weight excluding hydrogens is 198 g/mol. The quantitative estimate of drug-likeness (QED) is 0.729. The van der Waals surface area contributed by atoms with E-state index in [1.807, 2.05) is 6.92 Å². The van der Waals surface area contributed by atoms with E-state index in [2.05, 4.69) is 38.7 Å². The van der Waals surface area contributed by atoms with Gasteiger partial charge in [0.2, 0.25) is 5.91 Å². The zero-order valence-electron chi connectivity index (χ0n) is 10.8. The first-order valence-electron chi connectivity index (χ1n) is 6.01. The van der Waals surface area contributed by atoms with Gasteiger partial charge in [0.15, 0.2) is 0 Å². The van der Waals surface area contributed by atoms with Gasteiger partial charge in [-0.25, -0.2) is 0 Å². The third-order valence-electron chi connectivity index (χ3n) is 3.45. The van der Waals surface area contributed by atoms with E-state index in [4.69, 9.17) is 0 Å². The van der Waals surface area contributed by atoms with E-state index in [9.17, 15) is 4.79 Å². The topological polar surface area (TPSA) is 29.1 Å². The fourth-order valence-corrected chi connectivity index (χ4v) is 2.27. The molecule has 1 aliphatic carbocycles. The second-order valence-electron chi connectivity index (χ2n) is 5.22. The third-order valence-corrected chi connectivity index (χ3v) is 3.45. The van der Waals surface area contributed by atoms with Crippen LogP contribution in [-0.4, -0.2) is 12.5 Å². The summed E-state index contributed by atoms with van der Waals surface area (Å²) in [4.78, 5) is 12.0. The summed E-state index contributed by atoms with van der Waals surface area (Å²) in [6.45, 7) is 12.8. The highest BCUT2D eigenvalue weighted by Gasteiger charge is 2.31. The average Bonchev–Trinajstić information content (AvgIpc) is 2.19. The Kier molecular flexibility index (Phi) is 4.34. The van der Waals surface area contributed by atoms with Gasteiger partial charge in [-0.1, -0.05) is 37.6 Å². The number of hydrogen-bond donors (Lipinski definition) is 1. The van der Waals surface area contributed by atoms with E-state index in [-0.39, 0.29) is 11.8 Å². The van der Waals surface area contributed by atoms with E-state index in [1.54, 1.807) is 0 Å². The maximum Gasteiger partial charge on any atom is 0.223 e. The molecule has 0 unspecified atom stereocenters. The fraction of sp³-hybridized carbons (Fsp3) is 0.643. The van der Waals surface area contributed by atoms with Crippen molar-refractivity contribution in [2.24, 2.45) is 17.8 Å². The van der Waals surface area contributed by atoms with Crippen LogP contribution in [-0.2, 0) is 4.79 Å². The lowest BCUT2D eigenvalue weighted by Crippen LogP contribution is -2.38. The molecule has 2 heteroatoms. The minimum Gasteiger partial charge on any atom is -0.352 e. The van der Waals surface area contributed by atoms with E-state index in [0.29, 0.717) is 18.4 Å². The van der Waals surface area contributed by atoms with Gasteiger partial charge in [-0.15, -0.1) is 0 Å². The molecule has 0 heterocycles. The Morgan fingerprint density at radius 2 is 2.19 bits per heavy atom. The number of carbonyl (C=O) groups is 1. The van der Waals surface area contributed by atoms with Crippen molar-refractivity contribution >= 4 is 5.91 Å². The first kappa shape index (κ1) is 13.0. The lowest BCUT2D eigenvalue weighted by Gasteiger charge is -2.31. The Bertz CT molecular complexity index is 317. The molecule has 0 aromatic heterocycles. The molecule has 3 atom stereocenters. The molecule has 2 nitrogen and oxygen atoms in total. The highest BCUT2D eigenvalue weighted by Crippen LogP contribution is 2.33. The highest BCUT2D eigenvalue weighted by atomic mass is 16.1. The van der Waals surface area contributed by atoms with E-state index < -0.39 is 0 Å². The molecule has 1 rings (SSSR count). The lowest BCUT2D eigenvalue weighted by molar-refractivity contribution is -0.126. The van der Waals surface area contributed by atoms with Crippen molar-refractivity contribution in [2.45, 2.75) is 34.1 Å². The molecule has 0 bridgehead atoms. The Hall–Kier alpha value is -1.05. The average molecular weight is 221 g/mol. The smallest absolute Gasteiger partial charge is 0.223 e. The van der Waals surface area contributed by atoms with Crippen molar-refractivity contribution < 1.29 is 4.79 Å². The van der Waals surface area contributed by atoms with Crippen molar-refractivity contribution in [1.29, 1.82) is 0 Å². The van der Waals surface area contributed by atoms with Crippen LogP contribution in [0.2, 0.25) is 0 Å². The number of rotatable bonds is 3. The summed E-state index contributed by atoms with van der Waals surface area (Å²) in [6.07, 6.45) is 3.18. The fourth-order valence-electron chi connectivity index (χ4n) is 2.27. The van der Waals surface area contributed by atoms with Gasteiger partial charge in [-0.2, -0.15) is 0 Å². The summed E-state index contributed by atoms with van der Waals surface area (Å²) in [7, 11) is 0. The van der Waals surface area contributed by atoms with Crippen molar-refractivity contribution in [2.75, 3.05) is 6.54 Å². The first-order valence-corrected chi connectivity index (χ1v) is 6.01. The molecule has 0 aromatic rings. The first-order chi connectivity index (χ1) is 7.41. The number of carbonyl (C=O) groups excluding carboxylic acids is 1. The number of hydrogen-bond acceptors (Lipinski definition) is 1. The maximum atomic E-state index is 12.0. The van der Waals surface area contributed by atoms with Gasteiger partial charge in [0.1, 0.15) is 0 Å². The third kappa shape index (κ3) is 3.22. The Morgan fingerprint density at radius 3 is 2.75 bits per heavy atom. The van der Waals surface area contributed by atoms with Gasteiger partial charge in [-0.05, 0) is 32.1 Å². The molecule has 0 aliphatic heterocycles. The minimum absolute atomic E-state index is 0.124. The van der Waals surface area contributed by atoms with Crippen LogP contribution >= 0.6 is 0 Å². The molecule has 1 aliphatic rings. The second kappa shape index (κ2) is 5.33. The van der Waals surface area contributed by atoms with Crippen molar-refractivity contribution in [3.05, 3.63) is 23.8 Å². The molecule has 0 saturated carbocycles. The summed E-state index contributed by atoms with van der Waals surface area (Å²) >= 11 is 0. The van der Waals surface area contributed by atoms with Gasteiger partial charge >= 0.3 is 0 Å². The second-order valence-corrected chi connectivity index (χ2v) is 5.22. The number of amides is 1. The largest absolute Gasteiger partial charge is 0.352 e. The molecular formula is C14H23NO. The zero-order chi connectivity index (χ0) is 12.3. The molecule has 90 valence electrons. The minimum atomic E-state index is 0.124. The van der Waals surface area contributed by atoms with Crippen LogP contribution in [0.3, 0.4) is 0 Å². The summed E-state index contributed by atoms with van der Waals surface area (Å²) < 4.78 is 0. The van der Waals surface area contributed by atoms with E-state index >= 15 is 0 Å². The normalized spacial score (nSPS) is 29.5. The Labute approximate surface area is 98.8 Å². The number of allylic oxidation sites excluding steroid dienone is 2. The Balaban J connectivity index is 2.62. The van der Waals surface area contributed by atoms with Crippen LogP contribution in [0.1, 0.15) is 34.1 Å². The Morgan fingerprint density at radius 1 is 1.56 bits per heavy atom. The van der Waals surface area contributed by atoms with Crippen LogP contribution in [0.15, 0.2) is 23.8 Å². The van der Waals surface area contributed by atoms with Crippen LogP contribution in [0.5, 0.6) is 0 Å². The molecule has 1 amide bonds. The van der Waals surface area contributed by atoms with Gasteiger partial charge in [0.25, 0.3) is 0 Å². The van der Waals surface area contributed by atoms with Crippen molar-refractivity contribution in [1.82, 2.24) is 5.32 Å². The van der Waals surface area contributed by atoms with Crippen LogP contribution < -0.4 is 5.32 Å². The molecule has 0 radical (unpaired) electrons. The summed E-state index contributed by atoms with van der Waals surface area (Å²) in [6, 6.07) is 0. The monoisotopic (exact) mass is 221 g/mol. The molecule has 0 fully saturated rings. The number of nitrogens with one attached hydrogen (secondary N) is 1. The predicted molar refractivity (Wildman–Crippen MR) is 68.0 cm³/mol. The standard InChI is InChI=1S/C14H23NO/c1-9(2)8-15-14(16)13-7-10(3)6-11(4)12(13)5/h6,11-13H,1,7-8H2,2-5H3,(H,15,16)/t11-,12-,13-/m1/s1. The lowest BCUT2D eigenvalue weighted by atomic mass is 9.75. The molecule has 0 spiro atoms. The van der Waals surface area contributed by atoms with Gasteiger partial charge in [-0.3, -0.25) is 4.79 Å². The van der Waals surface area contributed by atoms with E-state index in [0.717, 1.165) is 12.0 Å². The summed E-state index contributed by atoms with van der Waals surface area (Å²) in [5.74, 6) is 1.22. The molecule has 1 N–H and O–H groups in total. The highest BCUT2D eigenvalue weighted by molar-refractivity contribution is 5.79. The summed E-state index contributed by atoms with van der Waals surface area (Å²) in [5, 5.41) is 2.96. The van der Waals surface area contributed by atoms with Crippen molar-refractivity contribution in [3.8, 4) is 0 Å². The van der Waals surface area contributed by atoms with E-state index in [1.165, 1.54) is 5.57 Å². The maximum absolute atomic E-state index is 12.0. The van der Waals surface area contributed by atoms with Gasteiger partial charge in [0, 0.05) is 12.5 Å². The molecule has 0 aromatic carbocycles. The zero-order valence-corrected chi connectivity index (χ0v) is 10.8. The molecule has 16 heavy (non-hydrogen) atoms. The predicted octanol–water partition coefficient (Wildman–Crippen LogP) is 2.92. The summed E-state index contributed by atoms with van der Waals surface area (Å²) in [5.41, 5.74) is 2.33. The van der Waals surface area contributed by atoms with Crippen LogP contribution in [0.25, 0.3) is 0 Å². The van der Waals surface area contributed by atoms with Crippen LogP contribution in [0.4, 0.5) is 0 Å². The van der Waals surface area contributed by atoms with Crippen LogP contribution in [0, 0.1) is 17.8 Å². The van der Waals surface area contributed by atoms with Gasteiger partial charge < -0.3 is 5.32 Å². The van der Waals surface area contributed by atoms with Crippen molar-refractivity contribution in [3.63, 3.8) is 0 Å². The van der Waals surface area contributed by atoms with Gasteiger partial charge in [0.05, 0.1) is 0 Å². The molecule has 0 saturated heterocycles.